The molecule has 100 valence electrons. The van der Waals surface area contributed by atoms with Gasteiger partial charge in [0.2, 0.25) is 10.0 Å². The number of benzene rings is 1. The number of piperidine rings is 1. The average Bonchev–Trinajstić information content (AvgIpc) is 2.39. The molecule has 4 nitrogen and oxygen atoms in total. The number of ether oxygens (including phenoxy) is 1. The molecule has 1 aliphatic rings. The van der Waals surface area contributed by atoms with Crippen molar-refractivity contribution in [1.82, 2.24) is 4.31 Å². The smallest absolute Gasteiger partial charge is 0.243 e. The van der Waals surface area contributed by atoms with Crippen LogP contribution in [0.4, 0.5) is 0 Å². The molecular weight excluding hydrogens is 318 g/mol. The van der Waals surface area contributed by atoms with Crippen molar-refractivity contribution in [3.05, 3.63) is 24.3 Å². The maximum atomic E-state index is 12.4. The monoisotopic (exact) mass is 333 g/mol. The highest BCUT2D eigenvalue weighted by atomic mass is 79.9. The third-order valence-corrected chi connectivity index (χ3v) is 5.65. The van der Waals surface area contributed by atoms with Crippen molar-refractivity contribution in [2.45, 2.75) is 22.6 Å². The number of sulfonamides is 1. The van der Waals surface area contributed by atoms with Gasteiger partial charge in [0, 0.05) is 17.9 Å². The van der Waals surface area contributed by atoms with E-state index in [0.717, 1.165) is 12.8 Å². The molecule has 0 amide bonds. The number of nitrogens with zero attached hydrogens (tertiary/aromatic N) is 1. The fraction of sp³-hybridized carbons (Fsp3) is 0.500. The van der Waals surface area contributed by atoms with Crippen LogP contribution < -0.4 is 4.74 Å². The highest BCUT2D eigenvalue weighted by Gasteiger charge is 2.29. The zero-order chi connectivity index (χ0) is 13.2. The second kappa shape index (κ2) is 5.59. The number of rotatable bonds is 3. The van der Waals surface area contributed by atoms with Gasteiger partial charge in [-0.25, -0.2) is 8.42 Å². The van der Waals surface area contributed by atoms with Gasteiger partial charge in [-0.15, -0.1) is 0 Å². The van der Waals surface area contributed by atoms with Gasteiger partial charge in [0.1, 0.15) is 5.75 Å². The summed E-state index contributed by atoms with van der Waals surface area (Å²) >= 11 is 3.49. The number of halogens is 1. The van der Waals surface area contributed by atoms with Crippen LogP contribution in [-0.4, -0.2) is 37.7 Å². The third kappa shape index (κ3) is 2.87. The predicted molar refractivity (Wildman–Crippen MR) is 73.7 cm³/mol. The molecule has 18 heavy (non-hydrogen) atoms. The van der Waals surface area contributed by atoms with Crippen molar-refractivity contribution in [2.75, 3.05) is 20.2 Å². The number of hydrogen-bond donors (Lipinski definition) is 0. The molecule has 0 spiro atoms. The van der Waals surface area contributed by atoms with Gasteiger partial charge in [0.25, 0.3) is 0 Å². The summed E-state index contributed by atoms with van der Waals surface area (Å²) in [7, 11) is -1.81. The quantitative estimate of drug-likeness (QED) is 0.797. The van der Waals surface area contributed by atoms with E-state index in [1.807, 2.05) is 0 Å². The zero-order valence-electron chi connectivity index (χ0n) is 10.2. The molecule has 2 rings (SSSR count). The molecule has 1 aliphatic heterocycles. The van der Waals surface area contributed by atoms with Crippen LogP contribution >= 0.6 is 15.9 Å². The zero-order valence-corrected chi connectivity index (χ0v) is 12.6. The summed E-state index contributed by atoms with van der Waals surface area (Å²) < 4.78 is 31.4. The lowest BCUT2D eigenvalue weighted by molar-refractivity contribution is 0.356. The van der Waals surface area contributed by atoms with Gasteiger partial charge in [-0.3, -0.25) is 0 Å². The van der Waals surface area contributed by atoms with Crippen molar-refractivity contribution >= 4 is 26.0 Å². The molecule has 1 unspecified atom stereocenters. The van der Waals surface area contributed by atoms with Crippen LogP contribution in [0.2, 0.25) is 0 Å². The van der Waals surface area contributed by atoms with E-state index < -0.39 is 10.0 Å². The van der Waals surface area contributed by atoms with Crippen molar-refractivity contribution < 1.29 is 13.2 Å². The minimum Gasteiger partial charge on any atom is -0.497 e. The second-order valence-electron chi connectivity index (χ2n) is 4.28. The summed E-state index contributed by atoms with van der Waals surface area (Å²) in [5.41, 5.74) is 0. The molecule has 0 bridgehead atoms. The van der Waals surface area contributed by atoms with Gasteiger partial charge >= 0.3 is 0 Å². The Hall–Kier alpha value is -0.590. The van der Waals surface area contributed by atoms with Gasteiger partial charge in [-0.05, 0) is 37.1 Å². The Labute approximate surface area is 116 Å². The maximum Gasteiger partial charge on any atom is 0.243 e. The molecule has 0 aliphatic carbocycles. The minimum absolute atomic E-state index is 0.249. The molecule has 1 heterocycles. The lowest BCUT2D eigenvalue weighted by atomic mass is 10.2. The molecule has 1 atom stereocenters. The summed E-state index contributed by atoms with van der Waals surface area (Å²) in [5.74, 6) is 0.658. The lowest BCUT2D eigenvalue weighted by Crippen LogP contribution is -2.40. The lowest BCUT2D eigenvalue weighted by Gasteiger charge is -2.29. The summed E-state index contributed by atoms with van der Waals surface area (Å²) in [6.45, 7) is 1.13. The highest BCUT2D eigenvalue weighted by Crippen LogP contribution is 2.24. The molecule has 1 saturated heterocycles. The van der Waals surface area contributed by atoms with E-state index in [0.29, 0.717) is 23.7 Å². The Kier molecular flexibility index (Phi) is 4.29. The molecular formula is C12H16BrNO3S. The molecule has 1 fully saturated rings. The van der Waals surface area contributed by atoms with Crippen LogP contribution in [0, 0.1) is 0 Å². The van der Waals surface area contributed by atoms with E-state index in [1.54, 1.807) is 31.4 Å². The maximum absolute atomic E-state index is 12.4. The highest BCUT2D eigenvalue weighted by molar-refractivity contribution is 9.09. The first kappa shape index (κ1) is 13.8. The van der Waals surface area contributed by atoms with Crippen molar-refractivity contribution in [3.63, 3.8) is 0 Å². The fourth-order valence-electron chi connectivity index (χ4n) is 2.01. The first-order chi connectivity index (χ1) is 8.54. The number of methoxy groups -OCH3 is 1. The van der Waals surface area contributed by atoms with Crippen molar-refractivity contribution in [3.8, 4) is 5.75 Å². The Morgan fingerprint density at radius 1 is 1.33 bits per heavy atom. The number of hydrogen-bond acceptors (Lipinski definition) is 3. The number of alkyl halides is 1. The van der Waals surface area contributed by atoms with Gasteiger partial charge in [-0.2, -0.15) is 4.31 Å². The van der Waals surface area contributed by atoms with E-state index in [-0.39, 0.29) is 4.83 Å². The summed E-state index contributed by atoms with van der Waals surface area (Å²) in [6.07, 6.45) is 1.92. The third-order valence-electron chi connectivity index (χ3n) is 3.02. The molecule has 0 saturated carbocycles. The molecule has 1 aromatic rings. The molecule has 1 aromatic carbocycles. The average molecular weight is 334 g/mol. The van der Waals surface area contributed by atoms with Crippen LogP contribution in [0.5, 0.6) is 5.75 Å². The van der Waals surface area contributed by atoms with Crippen LogP contribution in [0.1, 0.15) is 12.8 Å². The Morgan fingerprint density at radius 3 is 2.56 bits per heavy atom. The molecule has 0 radical (unpaired) electrons. The van der Waals surface area contributed by atoms with E-state index in [4.69, 9.17) is 4.74 Å². The molecule has 0 N–H and O–H groups in total. The molecule has 6 heteroatoms. The van der Waals surface area contributed by atoms with E-state index in [9.17, 15) is 8.42 Å². The Balaban J connectivity index is 2.23. The van der Waals surface area contributed by atoms with Crippen LogP contribution in [0.25, 0.3) is 0 Å². The van der Waals surface area contributed by atoms with Gasteiger partial charge in [0.05, 0.1) is 12.0 Å². The topological polar surface area (TPSA) is 46.6 Å². The molecule has 0 aromatic heterocycles. The van der Waals surface area contributed by atoms with Crippen LogP contribution in [-0.2, 0) is 10.0 Å². The second-order valence-corrected chi connectivity index (χ2v) is 7.51. The fourth-order valence-corrected chi connectivity index (χ4v) is 4.40. The summed E-state index contributed by atoms with van der Waals surface area (Å²) in [6, 6.07) is 6.52. The van der Waals surface area contributed by atoms with Gasteiger partial charge in [0.15, 0.2) is 0 Å². The van der Waals surface area contributed by atoms with Gasteiger partial charge in [-0.1, -0.05) is 15.9 Å². The van der Waals surface area contributed by atoms with Gasteiger partial charge < -0.3 is 4.74 Å². The largest absolute Gasteiger partial charge is 0.497 e. The van der Waals surface area contributed by atoms with Crippen molar-refractivity contribution in [2.24, 2.45) is 0 Å². The first-order valence-corrected chi connectivity index (χ1v) is 8.18. The van der Waals surface area contributed by atoms with E-state index in [1.165, 1.54) is 4.31 Å². The normalized spacial score (nSPS) is 21.8. The minimum atomic E-state index is -3.37. The van der Waals surface area contributed by atoms with Crippen LogP contribution in [0.15, 0.2) is 29.2 Å². The van der Waals surface area contributed by atoms with E-state index >= 15 is 0 Å². The summed E-state index contributed by atoms with van der Waals surface area (Å²) in [4.78, 5) is 0.573. The van der Waals surface area contributed by atoms with Crippen molar-refractivity contribution in [1.29, 1.82) is 0 Å². The van der Waals surface area contributed by atoms with Crippen LogP contribution in [0.3, 0.4) is 0 Å². The Morgan fingerprint density at radius 2 is 2.00 bits per heavy atom. The summed E-state index contributed by atoms with van der Waals surface area (Å²) in [5, 5.41) is 0. The first-order valence-electron chi connectivity index (χ1n) is 5.82. The Bertz CT molecular complexity index is 501. The predicted octanol–water partition coefficient (Wildman–Crippen LogP) is 2.24. The SMILES string of the molecule is COc1ccc(S(=O)(=O)N2CCCC(Br)C2)cc1. The standard InChI is InChI=1S/C12H16BrNO3S/c1-17-11-4-6-12(7-5-11)18(15,16)14-8-2-3-10(13)9-14/h4-7,10H,2-3,8-9H2,1H3. The van der Waals surface area contributed by atoms with E-state index in [2.05, 4.69) is 15.9 Å².